The highest BCUT2D eigenvalue weighted by atomic mass is 16.7. The third-order valence-electron chi connectivity index (χ3n) is 6.53. The van der Waals surface area contributed by atoms with Crippen molar-refractivity contribution >= 4 is 11.9 Å². The van der Waals surface area contributed by atoms with E-state index in [4.69, 9.17) is 18.9 Å². The first kappa shape index (κ1) is 16.3. The third kappa shape index (κ3) is 1.96. The normalized spacial score (nSPS) is 42.4. The molecule has 4 aliphatic rings. The van der Waals surface area contributed by atoms with Crippen molar-refractivity contribution in [1.29, 1.82) is 0 Å². The molecule has 24 heavy (non-hydrogen) atoms. The lowest BCUT2D eigenvalue weighted by atomic mass is 9.47. The van der Waals surface area contributed by atoms with E-state index in [1.54, 1.807) is 0 Å². The Bertz CT molecular complexity index is 573. The number of ether oxygens (including phenoxy) is 4. The van der Waals surface area contributed by atoms with Crippen molar-refractivity contribution in [2.24, 2.45) is 28.6 Å². The van der Waals surface area contributed by atoms with E-state index < -0.39 is 11.2 Å². The van der Waals surface area contributed by atoms with Gasteiger partial charge in [-0.1, -0.05) is 6.92 Å². The van der Waals surface area contributed by atoms with Crippen LogP contribution in [0.15, 0.2) is 0 Å². The second-order valence-electron chi connectivity index (χ2n) is 8.80. The predicted molar refractivity (Wildman–Crippen MR) is 82.7 cm³/mol. The number of fused-ring (bicyclic) bond motifs is 5. The highest BCUT2D eigenvalue weighted by Gasteiger charge is 2.78. The number of hydrogen-bond donors (Lipinski definition) is 0. The van der Waals surface area contributed by atoms with Crippen molar-refractivity contribution in [3.05, 3.63) is 0 Å². The van der Waals surface area contributed by atoms with E-state index >= 15 is 0 Å². The highest BCUT2D eigenvalue weighted by Crippen LogP contribution is 2.71. The maximum Gasteiger partial charge on any atom is 0.311 e. The molecule has 0 radical (unpaired) electrons. The van der Waals surface area contributed by atoms with Crippen LogP contribution in [0.3, 0.4) is 0 Å². The van der Waals surface area contributed by atoms with E-state index in [1.165, 1.54) is 0 Å². The molecule has 1 spiro atoms. The molecule has 0 aromatic carbocycles. The van der Waals surface area contributed by atoms with Crippen LogP contribution >= 0.6 is 0 Å². The molecule has 5 atom stereocenters. The molecule has 2 saturated heterocycles. The molecule has 2 heterocycles. The molecule has 6 nitrogen and oxygen atoms in total. The molecular weight excluding hydrogens is 312 g/mol. The number of esters is 2. The summed E-state index contributed by atoms with van der Waals surface area (Å²) in [6.45, 7) is 8.85. The molecule has 2 aliphatic heterocycles. The minimum atomic E-state index is -0.592. The summed E-state index contributed by atoms with van der Waals surface area (Å²) in [7, 11) is 0. The Balaban J connectivity index is 1.51. The lowest BCUT2D eigenvalue weighted by molar-refractivity contribution is -0.248. The van der Waals surface area contributed by atoms with Crippen LogP contribution in [0.5, 0.6) is 0 Å². The summed E-state index contributed by atoms with van der Waals surface area (Å²) in [5.74, 6) is -0.902. The minimum Gasteiger partial charge on any atom is -0.461 e. The van der Waals surface area contributed by atoms with Crippen LogP contribution in [0, 0.1) is 28.6 Å². The average Bonchev–Trinajstić information content (AvgIpc) is 3.13. The highest BCUT2D eigenvalue weighted by molar-refractivity contribution is 5.79. The Morgan fingerprint density at radius 3 is 2.58 bits per heavy atom. The summed E-state index contributed by atoms with van der Waals surface area (Å²) >= 11 is 0. The molecule has 0 amide bonds. The number of cyclic esters (lactones) is 1. The Morgan fingerprint density at radius 2 is 1.96 bits per heavy atom. The van der Waals surface area contributed by atoms with E-state index in [-0.39, 0.29) is 41.9 Å². The first-order valence-electron chi connectivity index (χ1n) is 8.86. The van der Waals surface area contributed by atoms with Crippen LogP contribution < -0.4 is 0 Å². The maximum atomic E-state index is 12.5. The van der Waals surface area contributed by atoms with Gasteiger partial charge in [0.2, 0.25) is 0 Å². The molecule has 0 bridgehead atoms. The number of hydrogen-bond acceptors (Lipinski definition) is 6. The van der Waals surface area contributed by atoms with Gasteiger partial charge in [0.05, 0.1) is 24.5 Å². The molecular formula is C18H26O6. The third-order valence-corrected chi connectivity index (χ3v) is 6.53. The second kappa shape index (κ2) is 4.94. The molecule has 0 unspecified atom stereocenters. The lowest BCUT2D eigenvalue weighted by Crippen LogP contribution is -2.62. The van der Waals surface area contributed by atoms with Crippen molar-refractivity contribution in [1.82, 2.24) is 0 Å². The van der Waals surface area contributed by atoms with E-state index in [9.17, 15) is 9.59 Å². The average molecular weight is 338 g/mol. The Kier molecular flexibility index (Phi) is 3.37. The zero-order chi connectivity index (χ0) is 17.3. The molecule has 2 aliphatic carbocycles. The first-order chi connectivity index (χ1) is 11.2. The van der Waals surface area contributed by atoms with Crippen molar-refractivity contribution in [3.63, 3.8) is 0 Å². The standard InChI is InChI=1S/C18H26O6/c1-16(2,3)15(20)21-9-11-17(4)10-5-6-18(22-7-8-23-18)12(10)13(17)14(19)24-11/h10-13H,5-9H2,1-4H3/t10-,11+,12+,13+,17-/m1/s1. The van der Waals surface area contributed by atoms with Crippen molar-refractivity contribution in [2.45, 2.75) is 52.4 Å². The zero-order valence-corrected chi connectivity index (χ0v) is 14.8. The van der Waals surface area contributed by atoms with Crippen LogP contribution in [-0.2, 0) is 28.5 Å². The Morgan fingerprint density at radius 1 is 1.29 bits per heavy atom. The van der Waals surface area contributed by atoms with Crippen LogP contribution in [0.2, 0.25) is 0 Å². The topological polar surface area (TPSA) is 71.1 Å². The van der Waals surface area contributed by atoms with Gasteiger partial charge in [-0.15, -0.1) is 0 Å². The number of rotatable bonds is 2. The van der Waals surface area contributed by atoms with Gasteiger partial charge in [0, 0.05) is 17.8 Å². The van der Waals surface area contributed by atoms with Crippen molar-refractivity contribution in [3.8, 4) is 0 Å². The summed E-state index contributed by atoms with van der Waals surface area (Å²) in [5, 5.41) is 0. The first-order valence-corrected chi connectivity index (χ1v) is 8.86. The van der Waals surface area contributed by atoms with Crippen molar-refractivity contribution in [2.75, 3.05) is 19.8 Å². The largest absolute Gasteiger partial charge is 0.461 e. The van der Waals surface area contributed by atoms with E-state index in [0.717, 1.165) is 12.8 Å². The predicted octanol–water partition coefficient (Wildman–Crippen LogP) is 1.91. The quantitative estimate of drug-likeness (QED) is 0.716. The van der Waals surface area contributed by atoms with Gasteiger partial charge in [-0.25, -0.2) is 0 Å². The van der Waals surface area contributed by atoms with Crippen LogP contribution in [0.4, 0.5) is 0 Å². The molecule has 0 aromatic heterocycles. The summed E-state index contributed by atoms with van der Waals surface area (Å²) < 4.78 is 22.9. The van der Waals surface area contributed by atoms with Gasteiger partial charge in [0.15, 0.2) is 5.79 Å². The SMILES string of the molecule is CC(C)(C)C(=O)OC[C@@H]1OC(=O)[C@@H]2[C@@H]3[C@@H](CCC34OCCO4)[C@]12C. The molecule has 4 fully saturated rings. The molecule has 134 valence electrons. The molecule has 0 aromatic rings. The molecule has 0 N–H and O–H groups in total. The Hall–Kier alpha value is -1.14. The summed E-state index contributed by atoms with van der Waals surface area (Å²) in [4.78, 5) is 24.5. The lowest BCUT2D eigenvalue weighted by Gasteiger charge is -2.55. The maximum absolute atomic E-state index is 12.5. The molecule has 4 rings (SSSR count). The number of carbonyl (C=O) groups is 2. The van der Waals surface area contributed by atoms with Gasteiger partial charge < -0.3 is 18.9 Å². The minimum absolute atomic E-state index is 0.0702. The van der Waals surface area contributed by atoms with Gasteiger partial charge in [-0.2, -0.15) is 0 Å². The van der Waals surface area contributed by atoms with Gasteiger partial charge in [0.1, 0.15) is 12.7 Å². The second-order valence-corrected chi connectivity index (χ2v) is 8.80. The molecule has 6 heteroatoms. The van der Waals surface area contributed by atoms with Crippen molar-refractivity contribution < 1.29 is 28.5 Å². The monoisotopic (exact) mass is 338 g/mol. The van der Waals surface area contributed by atoms with E-state index in [2.05, 4.69) is 6.92 Å². The summed E-state index contributed by atoms with van der Waals surface area (Å²) in [6.07, 6.45) is 1.41. The zero-order valence-electron chi connectivity index (χ0n) is 14.8. The van der Waals surface area contributed by atoms with Gasteiger partial charge in [-0.05, 0) is 33.1 Å². The van der Waals surface area contributed by atoms with Crippen LogP contribution in [-0.4, -0.2) is 43.7 Å². The number of carbonyl (C=O) groups excluding carboxylic acids is 2. The Labute approximate surface area is 142 Å². The van der Waals surface area contributed by atoms with E-state index in [1.807, 2.05) is 20.8 Å². The summed E-state index contributed by atoms with van der Waals surface area (Å²) in [5.41, 5.74) is -0.854. The summed E-state index contributed by atoms with van der Waals surface area (Å²) in [6, 6.07) is 0. The van der Waals surface area contributed by atoms with Gasteiger partial charge in [-0.3, -0.25) is 9.59 Å². The fourth-order valence-corrected chi connectivity index (χ4v) is 5.26. The molecule has 2 saturated carbocycles. The van der Waals surface area contributed by atoms with Gasteiger partial charge in [0.25, 0.3) is 0 Å². The fourth-order valence-electron chi connectivity index (χ4n) is 5.26. The van der Waals surface area contributed by atoms with Crippen LogP contribution in [0.25, 0.3) is 0 Å². The smallest absolute Gasteiger partial charge is 0.311 e. The van der Waals surface area contributed by atoms with E-state index in [0.29, 0.717) is 19.1 Å². The fraction of sp³-hybridized carbons (Fsp3) is 0.889. The van der Waals surface area contributed by atoms with Gasteiger partial charge >= 0.3 is 11.9 Å². The van der Waals surface area contributed by atoms with Crippen LogP contribution in [0.1, 0.15) is 40.5 Å².